The summed E-state index contributed by atoms with van der Waals surface area (Å²) in [6, 6.07) is 13.9. The minimum absolute atomic E-state index is 0.801. The third-order valence-electron chi connectivity index (χ3n) is 5.04. The van der Waals surface area contributed by atoms with Crippen LogP contribution in [0.15, 0.2) is 36.4 Å². The molecule has 0 aromatic heterocycles. The van der Waals surface area contributed by atoms with Crippen LogP contribution < -0.4 is 0 Å². The first-order valence-electron chi connectivity index (χ1n) is 8.70. The number of fused-ring (bicyclic) bond motifs is 1. The number of benzene rings is 2. The largest absolute Gasteiger partial charge is 0.0616 e. The number of hydrogen-bond acceptors (Lipinski definition) is 0. The third-order valence-corrected chi connectivity index (χ3v) is 5.04. The molecular formula is C21H27. The number of hydrogen-bond donors (Lipinski definition) is 0. The molecule has 3 rings (SSSR count). The third kappa shape index (κ3) is 3.31. The minimum Gasteiger partial charge on any atom is -0.0616 e. The zero-order valence-electron chi connectivity index (χ0n) is 13.1. The van der Waals surface area contributed by atoms with E-state index in [1.165, 1.54) is 67.7 Å². The van der Waals surface area contributed by atoms with E-state index < -0.39 is 0 Å². The molecule has 0 saturated heterocycles. The molecule has 0 atom stereocenters. The van der Waals surface area contributed by atoms with E-state index in [1.54, 1.807) is 5.56 Å². The molecular weight excluding hydrogens is 252 g/mol. The van der Waals surface area contributed by atoms with Crippen molar-refractivity contribution in [1.29, 1.82) is 0 Å². The van der Waals surface area contributed by atoms with Crippen molar-refractivity contribution in [1.82, 2.24) is 0 Å². The second kappa shape index (κ2) is 7.11. The van der Waals surface area contributed by atoms with Gasteiger partial charge in [-0.15, -0.1) is 0 Å². The molecule has 0 heterocycles. The van der Waals surface area contributed by atoms with Crippen LogP contribution in [0.4, 0.5) is 0 Å². The van der Waals surface area contributed by atoms with Gasteiger partial charge in [0.2, 0.25) is 0 Å². The fourth-order valence-electron chi connectivity index (χ4n) is 3.86. The van der Waals surface area contributed by atoms with E-state index in [2.05, 4.69) is 43.3 Å². The summed E-state index contributed by atoms with van der Waals surface area (Å²) in [4.78, 5) is 0. The van der Waals surface area contributed by atoms with E-state index in [0.717, 1.165) is 12.3 Å². The van der Waals surface area contributed by atoms with Gasteiger partial charge in [-0.2, -0.15) is 0 Å². The summed E-state index contributed by atoms with van der Waals surface area (Å²) in [6.45, 7) is 3.94. The van der Waals surface area contributed by atoms with Crippen LogP contribution in [0.2, 0.25) is 0 Å². The summed E-state index contributed by atoms with van der Waals surface area (Å²) >= 11 is 0. The van der Waals surface area contributed by atoms with E-state index in [0.29, 0.717) is 0 Å². The first-order chi connectivity index (χ1) is 10.4. The van der Waals surface area contributed by atoms with Crippen LogP contribution in [0, 0.1) is 6.92 Å². The zero-order chi connectivity index (χ0) is 14.5. The van der Waals surface area contributed by atoms with Gasteiger partial charge in [0, 0.05) is 0 Å². The Morgan fingerprint density at radius 1 is 0.857 bits per heavy atom. The second-order valence-electron chi connectivity index (χ2n) is 6.51. The summed E-state index contributed by atoms with van der Waals surface area (Å²) < 4.78 is 0. The maximum absolute atomic E-state index is 3.94. The maximum atomic E-state index is 3.94. The van der Waals surface area contributed by atoms with E-state index in [4.69, 9.17) is 0 Å². The van der Waals surface area contributed by atoms with Crippen molar-refractivity contribution in [2.24, 2.45) is 0 Å². The van der Waals surface area contributed by atoms with Crippen LogP contribution >= 0.6 is 0 Å². The van der Waals surface area contributed by atoms with Crippen LogP contribution in [0.5, 0.6) is 0 Å². The first kappa shape index (κ1) is 14.6. The Morgan fingerprint density at radius 2 is 1.62 bits per heavy atom. The van der Waals surface area contributed by atoms with Crippen LogP contribution in [0.3, 0.4) is 0 Å². The average molecular weight is 279 g/mol. The lowest BCUT2D eigenvalue weighted by molar-refractivity contribution is 0.687. The van der Waals surface area contributed by atoms with Crippen molar-refractivity contribution in [3.63, 3.8) is 0 Å². The Hall–Kier alpha value is -1.30. The van der Waals surface area contributed by atoms with E-state index in [-0.39, 0.29) is 0 Å². The lowest BCUT2D eigenvalue weighted by Crippen LogP contribution is -1.96. The highest BCUT2D eigenvalue weighted by Crippen LogP contribution is 2.38. The lowest BCUT2D eigenvalue weighted by atomic mass is 9.89. The van der Waals surface area contributed by atoms with Crippen LogP contribution in [0.25, 0.3) is 10.8 Å². The number of unbranched alkanes of at least 4 members (excludes halogenated alkanes) is 3. The monoisotopic (exact) mass is 279 g/mol. The van der Waals surface area contributed by atoms with E-state index in [1.807, 2.05) is 0 Å². The fraction of sp³-hybridized carbons (Fsp3) is 0.476. The molecule has 2 aromatic rings. The molecule has 1 radical (unpaired) electrons. The van der Waals surface area contributed by atoms with Gasteiger partial charge in [-0.1, -0.05) is 75.4 Å². The summed E-state index contributed by atoms with van der Waals surface area (Å²) in [6.07, 6.45) is 11.7. The van der Waals surface area contributed by atoms with Gasteiger partial charge in [-0.3, -0.25) is 0 Å². The molecule has 0 heteroatoms. The Balaban J connectivity index is 1.87. The predicted octanol–water partition coefficient (Wildman–Crippen LogP) is 6.43. The van der Waals surface area contributed by atoms with Gasteiger partial charge in [0.1, 0.15) is 0 Å². The molecule has 1 aliphatic rings. The number of rotatable bonds is 6. The minimum atomic E-state index is 0.801. The van der Waals surface area contributed by atoms with E-state index in [9.17, 15) is 0 Å². The van der Waals surface area contributed by atoms with Gasteiger partial charge in [0.15, 0.2) is 0 Å². The SMILES string of the molecule is [CH2]CCCCCc1ccc(C2CCCC2)c2ccccc12. The van der Waals surface area contributed by atoms with Gasteiger partial charge >= 0.3 is 0 Å². The van der Waals surface area contributed by atoms with Crippen molar-refractivity contribution in [2.45, 2.75) is 63.7 Å². The molecule has 1 fully saturated rings. The summed E-state index contributed by atoms with van der Waals surface area (Å²) in [5.74, 6) is 0.801. The van der Waals surface area contributed by atoms with Gasteiger partial charge in [-0.25, -0.2) is 0 Å². The van der Waals surface area contributed by atoms with Crippen molar-refractivity contribution < 1.29 is 0 Å². The molecule has 1 aliphatic carbocycles. The molecule has 0 bridgehead atoms. The molecule has 0 amide bonds. The van der Waals surface area contributed by atoms with E-state index >= 15 is 0 Å². The fourth-order valence-corrected chi connectivity index (χ4v) is 3.86. The predicted molar refractivity (Wildman–Crippen MR) is 92.7 cm³/mol. The molecule has 0 unspecified atom stereocenters. The Labute approximate surface area is 129 Å². The quantitative estimate of drug-likeness (QED) is 0.534. The first-order valence-corrected chi connectivity index (χ1v) is 8.70. The van der Waals surface area contributed by atoms with Gasteiger partial charge < -0.3 is 0 Å². The van der Waals surface area contributed by atoms with Crippen LogP contribution in [-0.4, -0.2) is 0 Å². The number of aryl methyl sites for hydroxylation is 1. The molecule has 0 N–H and O–H groups in total. The molecule has 0 nitrogen and oxygen atoms in total. The standard InChI is InChI=1S/C21H27/c1-2-3-4-5-10-18-15-16-20(17-11-6-7-12-17)21-14-9-8-13-19(18)21/h8-9,13-17H,1-7,10-12H2. The van der Waals surface area contributed by atoms with Crippen molar-refractivity contribution in [3.05, 3.63) is 54.4 Å². The second-order valence-corrected chi connectivity index (χ2v) is 6.51. The van der Waals surface area contributed by atoms with Gasteiger partial charge in [0.25, 0.3) is 0 Å². The highest BCUT2D eigenvalue weighted by Gasteiger charge is 2.19. The average Bonchev–Trinajstić information content (AvgIpc) is 3.05. The highest BCUT2D eigenvalue weighted by atomic mass is 14.2. The topological polar surface area (TPSA) is 0 Å². The Kier molecular flexibility index (Phi) is 4.95. The van der Waals surface area contributed by atoms with Gasteiger partial charge in [0.05, 0.1) is 0 Å². The molecule has 1 saturated carbocycles. The molecule has 21 heavy (non-hydrogen) atoms. The Morgan fingerprint density at radius 3 is 2.38 bits per heavy atom. The zero-order valence-corrected chi connectivity index (χ0v) is 13.1. The van der Waals surface area contributed by atoms with Crippen LogP contribution in [0.1, 0.15) is 68.4 Å². The van der Waals surface area contributed by atoms with Crippen molar-refractivity contribution in [2.75, 3.05) is 0 Å². The molecule has 0 aliphatic heterocycles. The highest BCUT2D eigenvalue weighted by molar-refractivity contribution is 5.89. The Bertz CT molecular complexity index is 576. The normalized spacial score (nSPS) is 15.9. The maximum Gasteiger partial charge on any atom is -0.0146 e. The smallest absolute Gasteiger partial charge is 0.0146 e. The lowest BCUT2D eigenvalue weighted by Gasteiger charge is -2.16. The summed E-state index contributed by atoms with van der Waals surface area (Å²) in [5, 5.41) is 3.01. The molecule has 111 valence electrons. The summed E-state index contributed by atoms with van der Waals surface area (Å²) in [7, 11) is 0. The van der Waals surface area contributed by atoms with Crippen LogP contribution in [-0.2, 0) is 6.42 Å². The molecule has 2 aromatic carbocycles. The summed E-state index contributed by atoms with van der Waals surface area (Å²) in [5.41, 5.74) is 3.14. The van der Waals surface area contributed by atoms with Crippen molar-refractivity contribution >= 4 is 10.8 Å². The molecule has 0 spiro atoms. The van der Waals surface area contributed by atoms with Crippen molar-refractivity contribution in [3.8, 4) is 0 Å². The van der Waals surface area contributed by atoms with Gasteiger partial charge in [-0.05, 0) is 53.5 Å².